The lowest BCUT2D eigenvalue weighted by molar-refractivity contribution is -0.132. The molecule has 4 aromatic carbocycles. The molecule has 0 bridgehead atoms. The molecule has 1 amide bonds. The number of methoxy groups -OCH3 is 1. The van der Waals surface area contributed by atoms with E-state index in [1.54, 1.807) is 36.4 Å². The number of aliphatic hydroxyl groups excluding tert-OH is 1. The van der Waals surface area contributed by atoms with Gasteiger partial charge in [-0.15, -0.1) is 0 Å². The summed E-state index contributed by atoms with van der Waals surface area (Å²) in [4.78, 5) is 28.1. The number of benzene rings is 4. The van der Waals surface area contributed by atoms with E-state index in [4.69, 9.17) is 32.7 Å². The largest absolute Gasteiger partial charge is 0.507 e. The average molecular weight is 564 g/mol. The molecule has 9 heteroatoms. The zero-order valence-electron chi connectivity index (χ0n) is 20.4. The Morgan fingerprint density at radius 1 is 0.897 bits per heavy atom. The van der Waals surface area contributed by atoms with E-state index in [0.717, 1.165) is 0 Å². The Labute approximate surface area is 233 Å². The number of carbonyl (C=O) groups is 2. The number of Topliss-reactive ketones (excluding diaryl/α,β-unsaturated/α-hetero) is 1. The van der Waals surface area contributed by atoms with E-state index in [9.17, 15) is 19.1 Å². The third kappa shape index (κ3) is 5.06. The first kappa shape index (κ1) is 26.3. The van der Waals surface area contributed by atoms with E-state index >= 15 is 0 Å². The van der Waals surface area contributed by atoms with Crippen molar-refractivity contribution >= 4 is 46.3 Å². The standard InChI is InChI=1S/C30H20Cl2FNO5/c1-38-29-23(15-18(31)16-24(29)32)27(35)25-26(34(30(37)28(25)36)20-12-10-19(33)11-13-20)17-6-5-9-22(14-17)39-21-7-3-2-4-8-21/h2-16,26,35H,1H3/b27-25+. The van der Waals surface area contributed by atoms with Crippen molar-refractivity contribution in [2.45, 2.75) is 6.04 Å². The Balaban J connectivity index is 1.72. The Kier molecular flexibility index (Phi) is 7.28. The van der Waals surface area contributed by atoms with Crippen molar-refractivity contribution < 1.29 is 28.6 Å². The van der Waals surface area contributed by atoms with Gasteiger partial charge in [-0.05, 0) is 66.2 Å². The summed E-state index contributed by atoms with van der Waals surface area (Å²) in [6, 6.07) is 22.7. The van der Waals surface area contributed by atoms with Crippen molar-refractivity contribution in [1.82, 2.24) is 0 Å². The van der Waals surface area contributed by atoms with Gasteiger partial charge in [0.15, 0.2) is 0 Å². The molecule has 5 rings (SSSR count). The molecule has 1 N–H and O–H groups in total. The maximum atomic E-state index is 13.7. The first-order valence-electron chi connectivity index (χ1n) is 11.7. The number of anilines is 1. The van der Waals surface area contributed by atoms with E-state index in [2.05, 4.69) is 0 Å². The average Bonchev–Trinajstić information content (AvgIpc) is 3.19. The van der Waals surface area contributed by atoms with E-state index in [-0.39, 0.29) is 32.6 Å². The van der Waals surface area contributed by atoms with Crippen LogP contribution < -0.4 is 14.4 Å². The van der Waals surface area contributed by atoms with E-state index in [1.165, 1.54) is 48.4 Å². The second-order valence-corrected chi connectivity index (χ2v) is 9.45. The van der Waals surface area contributed by atoms with Crippen molar-refractivity contribution in [2.75, 3.05) is 12.0 Å². The third-order valence-electron chi connectivity index (χ3n) is 6.17. The molecular weight excluding hydrogens is 544 g/mol. The van der Waals surface area contributed by atoms with Crippen LogP contribution in [0, 0.1) is 5.82 Å². The predicted octanol–water partition coefficient (Wildman–Crippen LogP) is 7.56. The van der Waals surface area contributed by atoms with E-state index < -0.39 is 29.3 Å². The molecule has 6 nitrogen and oxygen atoms in total. The number of carbonyl (C=O) groups excluding carboxylic acids is 2. The van der Waals surface area contributed by atoms with Gasteiger partial charge >= 0.3 is 0 Å². The predicted molar refractivity (Wildman–Crippen MR) is 147 cm³/mol. The van der Waals surface area contributed by atoms with Gasteiger partial charge in [-0.3, -0.25) is 14.5 Å². The minimum atomic E-state index is -1.10. The van der Waals surface area contributed by atoms with Crippen LogP contribution in [0.25, 0.3) is 5.76 Å². The number of nitrogens with zero attached hydrogens (tertiary/aromatic N) is 1. The van der Waals surface area contributed by atoms with Gasteiger partial charge in [-0.2, -0.15) is 0 Å². The number of aliphatic hydroxyl groups is 1. The zero-order valence-corrected chi connectivity index (χ0v) is 21.9. The van der Waals surface area contributed by atoms with E-state index in [1.807, 2.05) is 18.2 Å². The first-order chi connectivity index (χ1) is 18.8. The monoisotopic (exact) mass is 563 g/mol. The molecule has 0 spiro atoms. The molecule has 1 fully saturated rings. The van der Waals surface area contributed by atoms with Gasteiger partial charge in [-0.25, -0.2) is 4.39 Å². The fourth-order valence-electron chi connectivity index (χ4n) is 4.48. The number of hydrogen-bond donors (Lipinski definition) is 1. The fourth-order valence-corrected chi connectivity index (χ4v) is 5.05. The molecule has 1 atom stereocenters. The van der Waals surface area contributed by atoms with Gasteiger partial charge < -0.3 is 14.6 Å². The lowest BCUT2D eigenvalue weighted by Crippen LogP contribution is -2.29. The summed E-state index contributed by atoms with van der Waals surface area (Å²) in [6.07, 6.45) is 0. The van der Waals surface area contributed by atoms with Crippen LogP contribution >= 0.6 is 23.2 Å². The number of halogens is 3. The minimum Gasteiger partial charge on any atom is -0.507 e. The number of rotatable bonds is 6. The Bertz CT molecular complexity index is 1610. The number of ether oxygens (including phenoxy) is 2. The molecule has 0 aromatic heterocycles. The van der Waals surface area contributed by atoms with Crippen molar-refractivity contribution in [3.63, 3.8) is 0 Å². The van der Waals surface area contributed by atoms with Gasteiger partial charge in [0.2, 0.25) is 0 Å². The topological polar surface area (TPSA) is 76.1 Å². The highest BCUT2D eigenvalue weighted by molar-refractivity contribution is 6.52. The lowest BCUT2D eigenvalue weighted by atomic mass is 9.94. The van der Waals surface area contributed by atoms with Crippen LogP contribution in [0.15, 0.2) is 96.6 Å². The van der Waals surface area contributed by atoms with Crippen LogP contribution in [0.5, 0.6) is 17.2 Å². The highest BCUT2D eigenvalue weighted by atomic mass is 35.5. The Hall–Kier alpha value is -4.33. The SMILES string of the molecule is COc1c(Cl)cc(Cl)cc1/C(O)=C1\C(=O)C(=O)N(c2ccc(F)cc2)C1c1cccc(Oc2ccccc2)c1. The van der Waals surface area contributed by atoms with Crippen LogP contribution in [0.1, 0.15) is 17.2 Å². The summed E-state index contributed by atoms with van der Waals surface area (Å²) in [7, 11) is 1.35. The summed E-state index contributed by atoms with van der Waals surface area (Å²) in [5.74, 6) is -1.80. The van der Waals surface area contributed by atoms with Crippen LogP contribution in [0.3, 0.4) is 0 Å². The summed E-state index contributed by atoms with van der Waals surface area (Å²) in [6.45, 7) is 0. The molecule has 1 unspecified atom stereocenters. The van der Waals surface area contributed by atoms with Gasteiger partial charge in [0.05, 0.1) is 29.3 Å². The van der Waals surface area contributed by atoms with Gasteiger partial charge in [0.25, 0.3) is 11.7 Å². The molecule has 0 radical (unpaired) electrons. The Morgan fingerprint density at radius 3 is 2.28 bits per heavy atom. The Morgan fingerprint density at radius 2 is 1.59 bits per heavy atom. The van der Waals surface area contributed by atoms with Crippen molar-refractivity contribution in [3.05, 3.63) is 124 Å². The first-order valence-corrected chi connectivity index (χ1v) is 12.5. The van der Waals surface area contributed by atoms with Crippen molar-refractivity contribution in [3.8, 4) is 17.2 Å². The molecule has 4 aromatic rings. The molecule has 0 saturated carbocycles. The molecule has 1 aliphatic rings. The number of ketones is 1. The molecular formula is C30H20Cl2FNO5. The molecule has 0 aliphatic carbocycles. The molecule has 1 aliphatic heterocycles. The highest BCUT2D eigenvalue weighted by Crippen LogP contribution is 2.45. The third-order valence-corrected chi connectivity index (χ3v) is 6.67. The molecule has 196 valence electrons. The van der Waals surface area contributed by atoms with Crippen LogP contribution in [-0.2, 0) is 9.59 Å². The number of hydrogen-bond acceptors (Lipinski definition) is 5. The number of amides is 1. The second kappa shape index (κ2) is 10.8. The smallest absolute Gasteiger partial charge is 0.300 e. The number of para-hydroxylation sites is 1. The summed E-state index contributed by atoms with van der Waals surface area (Å²) < 4.78 is 25.1. The maximum Gasteiger partial charge on any atom is 0.300 e. The van der Waals surface area contributed by atoms with Crippen molar-refractivity contribution in [1.29, 1.82) is 0 Å². The zero-order chi connectivity index (χ0) is 27.7. The molecule has 1 saturated heterocycles. The minimum absolute atomic E-state index is 0.0359. The quantitative estimate of drug-likeness (QED) is 0.149. The van der Waals surface area contributed by atoms with E-state index in [0.29, 0.717) is 17.1 Å². The summed E-state index contributed by atoms with van der Waals surface area (Å²) >= 11 is 12.5. The van der Waals surface area contributed by atoms with Crippen molar-refractivity contribution in [2.24, 2.45) is 0 Å². The summed E-state index contributed by atoms with van der Waals surface area (Å²) in [5.41, 5.74) is 0.528. The molecule has 39 heavy (non-hydrogen) atoms. The maximum absolute atomic E-state index is 13.7. The lowest BCUT2D eigenvalue weighted by Gasteiger charge is -2.26. The highest BCUT2D eigenvalue weighted by Gasteiger charge is 2.47. The van der Waals surface area contributed by atoms with Crippen LogP contribution in [0.2, 0.25) is 10.0 Å². The second-order valence-electron chi connectivity index (χ2n) is 8.60. The van der Waals surface area contributed by atoms with Gasteiger partial charge in [0.1, 0.15) is 28.8 Å². The molecule has 1 heterocycles. The summed E-state index contributed by atoms with van der Waals surface area (Å²) in [5, 5.41) is 11.8. The normalized spacial score (nSPS) is 16.4. The fraction of sp³-hybridized carbons (Fsp3) is 0.0667. The van der Waals surface area contributed by atoms with Gasteiger partial charge in [0, 0.05) is 10.7 Å². The van der Waals surface area contributed by atoms with Crippen LogP contribution in [0.4, 0.5) is 10.1 Å². The van der Waals surface area contributed by atoms with Gasteiger partial charge in [-0.1, -0.05) is 53.5 Å². The van der Waals surface area contributed by atoms with Crippen LogP contribution in [-0.4, -0.2) is 23.9 Å².